The van der Waals surface area contributed by atoms with E-state index in [-0.39, 0.29) is 5.69 Å². The molecule has 2 rings (SSSR count). The first-order chi connectivity index (χ1) is 8.88. The third-order valence-corrected chi connectivity index (χ3v) is 4.37. The maximum Gasteiger partial charge on any atom is 0.418 e. The first-order valence-electron chi connectivity index (χ1n) is 6.48. The van der Waals surface area contributed by atoms with Crippen molar-refractivity contribution in [3.05, 3.63) is 28.2 Å². The van der Waals surface area contributed by atoms with Crippen molar-refractivity contribution in [2.45, 2.75) is 32.4 Å². The van der Waals surface area contributed by atoms with Gasteiger partial charge in [0.05, 0.1) is 5.56 Å². The van der Waals surface area contributed by atoms with Crippen LogP contribution in [0.3, 0.4) is 0 Å². The Morgan fingerprint density at radius 1 is 1.32 bits per heavy atom. The number of alkyl halides is 3. The molecule has 5 heteroatoms. The zero-order chi connectivity index (χ0) is 14.0. The van der Waals surface area contributed by atoms with Crippen molar-refractivity contribution >= 4 is 21.6 Å². The van der Waals surface area contributed by atoms with E-state index < -0.39 is 11.7 Å². The molecule has 1 aromatic rings. The van der Waals surface area contributed by atoms with Gasteiger partial charge in [0.15, 0.2) is 0 Å². The minimum absolute atomic E-state index is 0.168. The number of rotatable bonds is 3. The van der Waals surface area contributed by atoms with Crippen molar-refractivity contribution in [2.75, 3.05) is 11.9 Å². The molecule has 2 unspecified atom stereocenters. The molecule has 0 spiro atoms. The molecule has 1 aromatic carbocycles. The van der Waals surface area contributed by atoms with Crippen LogP contribution < -0.4 is 5.32 Å². The Morgan fingerprint density at radius 2 is 2.05 bits per heavy atom. The summed E-state index contributed by atoms with van der Waals surface area (Å²) < 4.78 is 39.4. The Bertz CT molecular complexity index is 445. The smallest absolute Gasteiger partial charge is 0.384 e. The fourth-order valence-corrected chi connectivity index (χ4v) is 3.04. The first-order valence-corrected chi connectivity index (χ1v) is 7.28. The fourth-order valence-electron chi connectivity index (χ4n) is 2.68. The topological polar surface area (TPSA) is 12.0 Å². The Hall–Kier alpha value is -0.710. The van der Waals surface area contributed by atoms with Crippen molar-refractivity contribution in [2.24, 2.45) is 11.8 Å². The van der Waals surface area contributed by atoms with Crippen LogP contribution in [0.2, 0.25) is 0 Å². The number of halogens is 4. The highest BCUT2D eigenvalue weighted by atomic mass is 79.9. The standard InChI is InChI=1S/C14H17BrF3N/c1-9-3-2-4-10(9)8-19-13-7-11(15)5-6-12(13)14(16,17)18/h5-7,9-10,19H,2-4,8H2,1H3. The average Bonchev–Trinajstić information content (AvgIpc) is 2.70. The van der Waals surface area contributed by atoms with Crippen LogP contribution in [0.25, 0.3) is 0 Å². The first kappa shape index (κ1) is 14.7. The molecule has 0 aromatic heterocycles. The quantitative estimate of drug-likeness (QED) is 0.788. The molecule has 0 heterocycles. The highest BCUT2D eigenvalue weighted by molar-refractivity contribution is 9.10. The molecule has 1 N–H and O–H groups in total. The van der Waals surface area contributed by atoms with Crippen LogP contribution in [-0.2, 0) is 6.18 Å². The van der Waals surface area contributed by atoms with E-state index in [0.717, 1.165) is 12.5 Å². The van der Waals surface area contributed by atoms with Gasteiger partial charge in [0.2, 0.25) is 0 Å². The molecule has 0 bridgehead atoms. The molecule has 1 fully saturated rings. The van der Waals surface area contributed by atoms with Crippen LogP contribution in [0.5, 0.6) is 0 Å². The van der Waals surface area contributed by atoms with Crippen LogP contribution in [0.15, 0.2) is 22.7 Å². The van der Waals surface area contributed by atoms with E-state index in [4.69, 9.17) is 0 Å². The second kappa shape index (κ2) is 5.73. The largest absolute Gasteiger partial charge is 0.418 e. The van der Waals surface area contributed by atoms with Gasteiger partial charge in [-0.3, -0.25) is 0 Å². The molecule has 0 saturated heterocycles. The average molecular weight is 336 g/mol. The predicted octanol–water partition coefficient (Wildman–Crippen LogP) is 5.32. The van der Waals surface area contributed by atoms with Crippen molar-refractivity contribution in [3.8, 4) is 0 Å². The molecule has 1 nitrogen and oxygen atoms in total. The zero-order valence-electron chi connectivity index (χ0n) is 10.7. The molecule has 106 valence electrons. The van der Waals surface area contributed by atoms with Gasteiger partial charge in [-0.1, -0.05) is 35.7 Å². The van der Waals surface area contributed by atoms with Crippen molar-refractivity contribution in [3.63, 3.8) is 0 Å². The minimum Gasteiger partial charge on any atom is -0.384 e. The number of anilines is 1. The molecular weight excluding hydrogens is 319 g/mol. The van der Waals surface area contributed by atoms with Gasteiger partial charge in [-0.25, -0.2) is 0 Å². The van der Waals surface area contributed by atoms with E-state index in [2.05, 4.69) is 28.2 Å². The molecular formula is C14H17BrF3N. The van der Waals surface area contributed by atoms with Gasteiger partial charge >= 0.3 is 6.18 Å². The SMILES string of the molecule is CC1CCCC1CNc1cc(Br)ccc1C(F)(F)F. The van der Waals surface area contributed by atoms with Crippen molar-refractivity contribution in [1.29, 1.82) is 0 Å². The lowest BCUT2D eigenvalue weighted by molar-refractivity contribution is -0.137. The van der Waals surface area contributed by atoms with E-state index >= 15 is 0 Å². The molecule has 1 saturated carbocycles. The fraction of sp³-hybridized carbons (Fsp3) is 0.571. The zero-order valence-corrected chi connectivity index (χ0v) is 12.3. The maximum absolute atomic E-state index is 12.9. The molecule has 19 heavy (non-hydrogen) atoms. The summed E-state index contributed by atoms with van der Waals surface area (Å²) in [7, 11) is 0. The summed E-state index contributed by atoms with van der Waals surface area (Å²) in [5, 5.41) is 2.98. The lowest BCUT2D eigenvalue weighted by Crippen LogP contribution is -2.19. The minimum atomic E-state index is -4.32. The third-order valence-electron chi connectivity index (χ3n) is 3.88. The predicted molar refractivity (Wildman–Crippen MR) is 74.1 cm³/mol. The van der Waals surface area contributed by atoms with Gasteiger partial charge in [0.25, 0.3) is 0 Å². The molecule has 2 atom stereocenters. The van der Waals surface area contributed by atoms with E-state index in [1.807, 2.05) is 0 Å². The van der Waals surface area contributed by atoms with Crippen molar-refractivity contribution < 1.29 is 13.2 Å². The summed E-state index contributed by atoms with van der Waals surface area (Å²) in [5.41, 5.74) is -0.428. The summed E-state index contributed by atoms with van der Waals surface area (Å²) in [6.45, 7) is 2.78. The van der Waals surface area contributed by atoms with E-state index in [0.29, 0.717) is 22.9 Å². The Morgan fingerprint density at radius 3 is 2.63 bits per heavy atom. The molecule has 0 amide bonds. The van der Waals surface area contributed by atoms with Crippen LogP contribution in [0.1, 0.15) is 31.7 Å². The van der Waals surface area contributed by atoms with E-state index in [1.54, 1.807) is 0 Å². The van der Waals surface area contributed by atoms with Crippen LogP contribution in [0.4, 0.5) is 18.9 Å². The molecule has 1 aliphatic rings. The number of nitrogens with one attached hydrogen (secondary N) is 1. The summed E-state index contributed by atoms with van der Waals surface area (Å²) in [6, 6.07) is 4.04. The highest BCUT2D eigenvalue weighted by Gasteiger charge is 2.34. The summed E-state index contributed by atoms with van der Waals surface area (Å²) in [6.07, 6.45) is -0.858. The Labute approximate surface area is 119 Å². The normalized spacial score (nSPS) is 23.6. The lowest BCUT2D eigenvalue weighted by Gasteiger charge is -2.19. The third kappa shape index (κ3) is 3.65. The van der Waals surface area contributed by atoms with Crippen LogP contribution >= 0.6 is 15.9 Å². The molecule has 1 aliphatic carbocycles. The van der Waals surface area contributed by atoms with E-state index in [1.165, 1.54) is 25.0 Å². The Balaban J connectivity index is 2.12. The van der Waals surface area contributed by atoms with Crippen LogP contribution in [-0.4, -0.2) is 6.54 Å². The molecule has 0 radical (unpaired) electrons. The highest BCUT2D eigenvalue weighted by Crippen LogP contribution is 2.37. The maximum atomic E-state index is 12.9. The van der Waals surface area contributed by atoms with Gasteiger partial charge in [-0.15, -0.1) is 0 Å². The van der Waals surface area contributed by atoms with Gasteiger partial charge < -0.3 is 5.32 Å². The number of hydrogen-bond acceptors (Lipinski definition) is 1. The second-order valence-electron chi connectivity index (χ2n) is 5.24. The van der Waals surface area contributed by atoms with Gasteiger partial charge in [-0.05, 0) is 36.5 Å². The van der Waals surface area contributed by atoms with Crippen molar-refractivity contribution in [1.82, 2.24) is 0 Å². The number of benzene rings is 1. The number of hydrogen-bond donors (Lipinski definition) is 1. The van der Waals surface area contributed by atoms with Crippen LogP contribution in [0, 0.1) is 11.8 Å². The lowest BCUT2D eigenvalue weighted by atomic mass is 9.98. The summed E-state index contributed by atoms with van der Waals surface area (Å²) in [5.74, 6) is 1.06. The summed E-state index contributed by atoms with van der Waals surface area (Å²) >= 11 is 3.22. The summed E-state index contributed by atoms with van der Waals surface area (Å²) in [4.78, 5) is 0. The Kier molecular flexibility index (Phi) is 4.43. The van der Waals surface area contributed by atoms with Gasteiger partial charge in [-0.2, -0.15) is 13.2 Å². The van der Waals surface area contributed by atoms with E-state index in [9.17, 15) is 13.2 Å². The van der Waals surface area contributed by atoms with Gasteiger partial charge in [0, 0.05) is 16.7 Å². The second-order valence-corrected chi connectivity index (χ2v) is 6.15. The monoisotopic (exact) mass is 335 g/mol. The van der Waals surface area contributed by atoms with Gasteiger partial charge in [0.1, 0.15) is 0 Å². The molecule has 0 aliphatic heterocycles.